The van der Waals surface area contributed by atoms with Crippen LogP contribution in [0.2, 0.25) is 0 Å². The van der Waals surface area contributed by atoms with Gasteiger partial charge in [-0.1, -0.05) is 28.1 Å². The molecule has 1 aromatic carbocycles. The van der Waals surface area contributed by atoms with Gasteiger partial charge in [0.1, 0.15) is 11.9 Å². The van der Waals surface area contributed by atoms with Gasteiger partial charge in [-0.25, -0.2) is 4.98 Å². The smallest absolute Gasteiger partial charge is 0.296 e. The van der Waals surface area contributed by atoms with Crippen molar-refractivity contribution in [3.63, 3.8) is 0 Å². The number of halogens is 1. The zero-order chi connectivity index (χ0) is 22.6. The topological polar surface area (TPSA) is 68.7 Å². The lowest BCUT2D eigenvalue weighted by atomic mass is 9.77. The summed E-state index contributed by atoms with van der Waals surface area (Å²) in [4.78, 5) is 35.1. The normalized spacial score (nSPS) is 27.3. The molecule has 5 rings (SSSR count). The minimum Gasteiger partial charge on any atom is -0.494 e. The number of rotatable bonds is 4. The number of aryl methyl sites for hydroxylation is 2. The van der Waals surface area contributed by atoms with Crippen LogP contribution < -0.4 is 9.64 Å². The van der Waals surface area contributed by atoms with E-state index < -0.39 is 6.04 Å². The van der Waals surface area contributed by atoms with Crippen LogP contribution in [-0.4, -0.2) is 34.2 Å². The van der Waals surface area contributed by atoms with Crippen molar-refractivity contribution in [2.24, 2.45) is 5.92 Å². The summed E-state index contributed by atoms with van der Waals surface area (Å²) in [6.45, 7) is 6.38. The summed E-state index contributed by atoms with van der Waals surface area (Å²) in [6.07, 6.45) is 2.17. The predicted octanol–water partition coefficient (Wildman–Crippen LogP) is 5.03. The van der Waals surface area contributed by atoms with Gasteiger partial charge >= 0.3 is 0 Å². The van der Waals surface area contributed by atoms with Gasteiger partial charge in [0.05, 0.1) is 29.8 Å². The summed E-state index contributed by atoms with van der Waals surface area (Å²) in [5, 5.41) is 0.587. The van der Waals surface area contributed by atoms with E-state index in [1.807, 2.05) is 45.0 Å². The van der Waals surface area contributed by atoms with E-state index in [4.69, 9.17) is 9.47 Å². The van der Waals surface area contributed by atoms with Gasteiger partial charge in [0.15, 0.2) is 16.7 Å². The summed E-state index contributed by atoms with van der Waals surface area (Å²) >= 11 is 5.14. The molecular weight excluding hydrogens is 492 g/mol. The zero-order valence-corrected chi connectivity index (χ0v) is 20.7. The molecule has 168 valence electrons. The summed E-state index contributed by atoms with van der Waals surface area (Å²) in [6, 6.07) is 7.04. The van der Waals surface area contributed by atoms with E-state index in [-0.39, 0.29) is 34.3 Å². The Labute approximate surface area is 199 Å². The number of alkyl halides is 1. The Morgan fingerprint density at radius 2 is 2.09 bits per heavy atom. The SMILES string of the molecule is CCOc1cccc(C2C3=C(OC4CCC(Br)CC4C3=O)C(=O)N2c2nc(C)c(C)s2)c1. The third kappa shape index (κ3) is 3.48. The summed E-state index contributed by atoms with van der Waals surface area (Å²) < 4.78 is 12.0. The lowest BCUT2D eigenvalue weighted by Gasteiger charge is -2.37. The van der Waals surface area contributed by atoms with Gasteiger partial charge < -0.3 is 9.47 Å². The molecule has 0 saturated heterocycles. The minimum atomic E-state index is -0.577. The van der Waals surface area contributed by atoms with E-state index >= 15 is 0 Å². The van der Waals surface area contributed by atoms with Crippen molar-refractivity contribution < 1.29 is 19.1 Å². The number of carbonyl (C=O) groups is 2. The fourth-order valence-electron chi connectivity index (χ4n) is 4.83. The Balaban J connectivity index is 1.64. The maximum Gasteiger partial charge on any atom is 0.296 e. The molecule has 6 nitrogen and oxygen atoms in total. The maximum absolute atomic E-state index is 13.8. The van der Waals surface area contributed by atoms with Gasteiger partial charge in [0, 0.05) is 9.70 Å². The van der Waals surface area contributed by atoms with Crippen LogP contribution in [0.25, 0.3) is 0 Å². The average Bonchev–Trinajstić information content (AvgIpc) is 3.25. The highest BCUT2D eigenvalue weighted by Crippen LogP contribution is 2.49. The number of ketones is 1. The predicted molar refractivity (Wildman–Crippen MR) is 126 cm³/mol. The van der Waals surface area contributed by atoms with E-state index in [9.17, 15) is 9.59 Å². The largest absolute Gasteiger partial charge is 0.494 e. The fraction of sp³-hybridized carbons (Fsp3) is 0.458. The molecule has 1 aliphatic carbocycles. The van der Waals surface area contributed by atoms with Crippen molar-refractivity contribution in [3.8, 4) is 5.75 Å². The van der Waals surface area contributed by atoms with Crippen LogP contribution in [0.15, 0.2) is 35.6 Å². The number of fused-ring (bicyclic) bond motifs is 1. The first-order valence-corrected chi connectivity index (χ1v) is 12.7. The van der Waals surface area contributed by atoms with E-state index in [0.717, 1.165) is 35.4 Å². The molecule has 3 heterocycles. The number of hydrogen-bond acceptors (Lipinski definition) is 6. The Kier molecular flexibility index (Phi) is 5.61. The van der Waals surface area contributed by atoms with Crippen LogP contribution in [0, 0.1) is 19.8 Å². The molecule has 0 N–H and O–H groups in total. The number of nitrogens with zero attached hydrogens (tertiary/aromatic N) is 2. The van der Waals surface area contributed by atoms with Crippen LogP contribution in [0.3, 0.4) is 0 Å². The van der Waals surface area contributed by atoms with Crippen LogP contribution >= 0.6 is 27.3 Å². The van der Waals surface area contributed by atoms with E-state index in [0.29, 0.717) is 23.1 Å². The number of amides is 1. The van der Waals surface area contributed by atoms with Gasteiger partial charge in [-0.15, -0.1) is 11.3 Å². The maximum atomic E-state index is 13.8. The third-order valence-electron chi connectivity index (χ3n) is 6.49. The Morgan fingerprint density at radius 1 is 1.28 bits per heavy atom. The monoisotopic (exact) mass is 516 g/mol. The van der Waals surface area contributed by atoms with Crippen LogP contribution in [0.5, 0.6) is 5.75 Å². The van der Waals surface area contributed by atoms with E-state index in [1.165, 1.54) is 11.3 Å². The number of ether oxygens (including phenoxy) is 2. The lowest BCUT2D eigenvalue weighted by Crippen LogP contribution is -2.41. The van der Waals surface area contributed by atoms with E-state index in [2.05, 4.69) is 20.9 Å². The molecule has 3 aliphatic rings. The zero-order valence-electron chi connectivity index (χ0n) is 18.3. The van der Waals surface area contributed by atoms with Crippen LogP contribution in [-0.2, 0) is 14.3 Å². The van der Waals surface area contributed by atoms with Gasteiger partial charge in [0.25, 0.3) is 5.91 Å². The number of anilines is 1. The summed E-state index contributed by atoms with van der Waals surface area (Å²) in [7, 11) is 0. The molecule has 2 aliphatic heterocycles. The second kappa shape index (κ2) is 8.30. The molecule has 0 radical (unpaired) electrons. The van der Waals surface area contributed by atoms with Crippen molar-refractivity contribution >= 4 is 44.1 Å². The highest BCUT2D eigenvalue weighted by atomic mass is 79.9. The number of thiazole rings is 1. The van der Waals surface area contributed by atoms with Gasteiger partial charge in [-0.05, 0) is 57.7 Å². The number of carbonyl (C=O) groups excluding carboxylic acids is 2. The molecule has 1 amide bonds. The lowest BCUT2D eigenvalue weighted by molar-refractivity contribution is -0.131. The van der Waals surface area contributed by atoms with Crippen molar-refractivity contribution in [3.05, 3.63) is 51.7 Å². The Bertz CT molecular complexity index is 1110. The molecule has 1 fully saturated rings. The van der Waals surface area contributed by atoms with Gasteiger partial charge in [-0.2, -0.15) is 0 Å². The van der Waals surface area contributed by atoms with Gasteiger partial charge in [0.2, 0.25) is 0 Å². The fourth-order valence-corrected chi connectivity index (χ4v) is 6.43. The minimum absolute atomic E-state index is 0.0214. The van der Waals surface area contributed by atoms with Crippen molar-refractivity contribution in [1.82, 2.24) is 4.98 Å². The molecule has 8 heteroatoms. The van der Waals surface area contributed by atoms with Crippen molar-refractivity contribution in [2.45, 2.75) is 57.0 Å². The quantitative estimate of drug-likeness (QED) is 0.532. The molecule has 1 saturated carbocycles. The molecule has 32 heavy (non-hydrogen) atoms. The average molecular weight is 517 g/mol. The molecule has 0 bridgehead atoms. The third-order valence-corrected chi connectivity index (χ3v) is 8.40. The molecule has 0 spiro atoms. The van der Waals surface area contributed by atoms with Gasteiger partial charge in [-0.3, -0.25) is 14.5 Å². The molecular formula is C24H25BrN2O4S. The highest BCUT2D eigenvalue weighted by molar-refractivity contribution is 9.09. The Morgan fingerprint density at radius 3 is 2.81 bits per heavy atom. The number of benzene rings is 1. The second-order valence-corrected chi connectivity index (χ2v) is 11.0. The van der Waals surface area contributed by atoms with E-state index in [1.54, 1.807) is 4.90 Å². The first-order valence-electron chi connectivity index (χ1n) is 11.0. The van der Waals surface area contributed by atoms with Crippen molar-refractivity contribution in [1.29, 1.82) is 0 Å². The van der Waals surface area contributed by atoms with Crippen LogP contribution in [0.4, 0.5) is 5.13 Å². The number of hydrogen-bond donors (Lipinski definition) is 0. The van der Waals surface area contributed by atoms with Crippen LogP contribution in [0.1, 0.15) is 48.4 Å². The second-order valence-electron chi connectivity index (χ2n) is 8.50. The summed E-state index contributed by atoms with van der Waals surface area (Å²) in [5.74, 6) is 0.401. The molecule has 2 aromatic rings. The molecule has 1 aromatic heterocycles. The number of aromatic nitrogens is 1. The summed E-state index contributed by atoms with van der Waals surface area (Å²) in [5.41, 5.74) is 2.16. The Hall–Kier alpha value is -2.19. The first-order chi connectivity index (χ1) is 15.4. The first kappa shape index (κ1) is 21.6. The molecule has 4 unspecified atom stereocenters. The van der Waals surface area contributed by atoms with Crippen molar-refractivity contribution in [2.75, 3.05) is 11.5 Å². The highest BCUT2D eigenvalue weighted by Gasteiger charge is 2.53. The standard InChI is InChI=1S/C24H25BrN2O4S/c1-4-30-16-7-5-6-14(10-16)20-19-21(28)17-11-15(25)8-9-18(17)31-22(19)23(29)27(20)24-26-12(2)13(3)32-24/h5-7,10,15,17-18,20H,4,8-9,11H2,1-3H3. The molecule has 4 atom stereocenters. The number of Topliss-reactive ketones (excluding diaryl/α,β-unsaturated/α-hetero) is 1.